The highest BCUT2D eigenvalue weighted by Gasteiger charge is 2.20. The van der Waals surface area contributed by atoms with Crippen LogP contribution in [0, 0.1) is 0 Å². The van der Waals surface area contributed by atoms with Gasteiger partial charge in [0.15, 0.2) is 0 Å². The summed E-state index contributed by atoms with van der Waals surface area (Å²) in [5.41, 5.74) is 0.997. The molecule has 0 spiro atoms. The van der Waals surface area contributed by atoms with Crippen LogP contribution in [0.25, 0.3) is 11.3 Å². The van der Waals surface area contributed by atoms with Crippen molar-refractivity contribution >= 4 is 40.5 Å². The molecule has 2 aromatic heterocycles. The second-order valence-electron chi connectivity index (χ2n) is 3.11. The van der Waals surface area contributed by atoms with E-state index in [4.69, 9.17) is 28.3 Å². The largest absolute Gasteiger partial charge is 0.478 e. The minimum absolute atomic E-state index is 0.110. The van der Waals surface area contributed by atoms with Crippen LogP contribution in [0.1, 0.15) is 10.4 Å². The van der Waals surface area contributed by atoms with Crippen molar-refractivity contribution < 1.29 is 9.90 Å². The number of carbonyl (C=O) groups is 1. The van der Waals surface area contributed by atoms with Crippen molar-refractivity contribution in [3.8, 4) is 11.3 Å². The molecule has 2 heterocycles. The maximum absolute atomic E-state index is 11.0. The maximum atomic E-state index is 11.0. The summed E-state index contributed by atoms with van der Waals surface area (Å²) in [6.45, 7) is 0. The fraction of sp³-hybridized carbons (Fsp3) is 0.111. The van der Waals surface area contributed by atoms with Gasteiger partial charge in [0.1, 0.15) is 15.6 Å². The summed E-state index contributed by atoms with van der Waals surface area (Å²) < 4.78 is 2.37. The zero-order chi connectivity index (χ0) is 11.9. The van der Waals surface area contributed by atoms with E-state index in [9.17, 15) is 4.79 Å². The van der Waals surface area contributed by atoms with Gasteiger partial charge in [-0.2, -0.15) is 5.10 Å². The number of aryl methyl sites for hydroxylation is 1. The average molecular weight is 277 g/mol. The third kappa shape index (κ3) is 1.93. The molecule has 0 aliphatic heterocycles. The van der Waals surface area contributed by atoms with Crippen LogP contribution in [0.3, 0.4) is 0 Å². The van der Waals surface area contributed by atoms with Gasteiger partial charge in [-0.1, -0.05) is 23.2 Å². The molecule has 2 aromatic rings. The van der Waals surface area contributed by atoms with E-state index in [2.05, 4.69) is 5.10 Å². The number of rotatable bonds is 2. The molecule has 0 aliphatic rings. The summed E-state index contributed by atoms with van der Waals surface area (Å²) in [7, 11) is 1.65. The van der Waals surface area contributed by atoms with Crippen molar-refractivity contribution in [3.05, 3.63) is 26.5 Å². The molecule has 84 valence electrons. The molecule has 0 saturated carbocycles. The van der Waals surface area contributed by atoms with Crippen LogP contribution in [0.15, 0.2) is 12.3 Å². The first-order valence-corrected chi connectivity index (χ1v) is 5.78. The Morgan fingerprint density at radius 3 is 2.75 bits per heavy atom. The van der Waals surface area contributed by atoms with Gasteiger partial charge in [0.2, 0.25) is 0 Å². The number of halogens is 2. The SMILES string of the molecule is Cn1cc(C(=O)O)c(-c2cc(Cl)sc2Cl)n1. The number of nitrogens with zero attached hydrogens (tertiary/aromatic N) is 2. The number of carboxylic acid groups (broad SMARTS) is 1. The number of hydrogen-bond donors (Lipinski definition) is 1. The molecular formula is C9H6Cl2N2O2S. The molecule has 0 aliphatic carbocycles. The monoisotopic (exact) mass is 276 g/mol. The molecule has 0 radical (unpaired) electrons. The van der Waals surface area contributed by atoms with Crippen molar-refractivity contribution in [3.63, 3.8) is 0 Å². The Hall–Kier alpha value is -1.04. The number of thiophene rings is 1. The van der Waals surface area contributed by atoms with Crippen LogP contribution in [0.4, 0.5) is 0 Å². The Balaban J connectivity index is 2.63. The predicted molar refractivity (Wildman–Crippen MR) is 63.5 cm³/mol. The molecule has 0 unspecified atom stereocenters. The Bertz CT molecular complexity index is 562. The maximum Gasteiger partial charge on any atom is 0.339 e. The van der Waals surface area contributed by atoms with E-state index in [1.165, 1.54) is 22.2 Å². The van der Waals surface area contributed by atoms with Gasteiger partial charge < -0.3 is 5.11 Å². The first kappa shape index (κ1) is 11.4. The third-order valence-corrected chi connectivity index (χ3v) is 3.46. The quantitative estimate of drug-likeness (QED) is 0.917. The Morgan fingerprint density at radius 2 is 2.25 bits per heavy atom. The Labute approximate surface area is 105 Å². The van der Waals surface area contributed by atoms with Gasteiger partial charge >= 0.3 is 5.97 Å². The minimum Gasteiger partial charge on any atom is -0.478 e. The van der Waals surface area contributed by atoms with Crippen LogP contribution in [0.2, 0.25) is 8.67 Å². The van der Waals surface area contributed by atoms with Crippen LogP contribution < -0.4 is 0 Å². The van der Waals surface area contributed by atoms with E-state index < -0.39 is 5.97 Å². The third-order valence-electron chi connectivity index (χ3n) is 1.97. The highest BCUT2D eigenvalue weighted by Crippen LogP contribution is 2.38. The Kier molecular flexibility index (Phi) is 2.92. The summed E-state index contributed by atoms with van der Waals surface area (Å²) >= 11 is 12.9. The number of aromatic nitrogens is 2. The lowest BCUT2D eigenvalue weighted by Gasteiger charge is -1.95. The van der Waals surface area contributed by atoms with Crippen molar-refractivity contribution in [2.75, 3.05) is 0 Å². The lowest BCUT2D eigenvalue weighted by atomic mass is 10.1. The lowest BCUT2D eigenvalue weighted by Crippen LogP contribution is -1.96. The summed E-state index contributed by atoms with van der Waals surface area (Å²) in [4.78, 5) is 11.0. The first-order valence-electron chi connectivity index (χ1n) is 4.21. The van der Waals surface area contributed by atoms with Crippen LogP contribution in [-0.4, -0.2) is 20.9 Å². The van der Waals surface area contributed by atoms with Gasteiger partial charge in [0.05, 0.1) is 4.34 Å². The van der Waals surface area contributed by atoms with Crippen LogP contribution in [0.5, 0.6) is 0 Å². The molecule has 0 fully saturated rings. The van der Waals surface area contributed by atoms with Gasteiger partial charge in [-0.15, -0.1) is 11.3 Å². The van der Waals surface area contributed by atoms with E-state index >= 15 is 0 Å². The van der Waals surface area contributed by atoms with E-state index in [1.54, 1.807) is 13.1 Å². The number of aromatic carboxylic acids is 1. The molecule has 7 heteroatoms. The number of hydrogen-bond acceptors (Lipinski definition) is 3. The van der Waals surface area contributed by atoms with Crippen LogP contribution in [-0.2, 0) is 7.05 Å². The van der Waals surface area contributed by atoms with Crippen molar-refractivity contribution in [2.45, 2.75) is 0 Å². The summed E-state index contributed by atoms with van der Waals surface area (Å²) in [6, 6.07) is 1.61. The molecular weight excluding hydrogens is 271 g/mol. The molecule has 0 amide bonds. The minimum atomic E-state index is -1.04. The molecule has 0 bridgehead atoms. The lowest BCUT2D eigenvalue weighted by molar-refractivity contribution is 0.0697. The van der Waals surface area contributed by atoms with Gasteiger partial charge in [0, 0.05) is 18.8 Å². The fourth-order valence-electron chi connectivity index (χ4n) is 1.35. The van der Waals surface area contributed by atoms with Crippen molar-refractivity contribution in [2.24, 2.45) is 7.05 Å². The molecule has 2 rings (SSSR count). The Morgan fingerprint density at radius 1 is 1.56 bits per heavy atom. The molecule has 4 nitrogen and oxygen atoms in total. The van der Waals surface area contributed by atoms with E-state index in [-0.39, 0.29) is 5.56 Å². The normalized spacial score (nSPS) is 10.7. The molecule has 1 N–H and O–H groups in total. The predicted octanol–water partition coefficient (Wildman–Crippen LogP) is 3.15. The van der Waals surface area contributed by atoms with E-state index in [1.807, 2.05) is 0 Å². The zero-order valence-corrected chi connectivity index (χ0v) is 10.4. The van der Waals surface area contributed by atoms with E-state index in [0.29, 0.717) is 19.9 Å². The first-order chi connectivity index (χ1) is 7.49. The summed E-state index contributed by atoms with van der Waals surface area (Å²) in [5, 5.41) is 13.1. The zero-order valence-electron chi connectivity index (χ0n) is 8.07. The van der Waals surface area contributed by atoms with Crippen LogP contribution >= 0.6 is 34.5 Å². The molecule has 0 saturated heterocycles. The van der Waals surface area contributed by atoms with Crippen molar-refractivity contribution in [1.29, 1.82) is 0 Å². The van der Waals surface area contributed by atoms with Gasteiger partial charge in [-0.3, -0.25) is 4.68 Å². The summed E-state index contributed by atoms with van der Waals surface area (Å²) in [6.07, 6.45) is 1.43. The molecule has 0 atom stereocenters. The molecule has 0 aromatic carbocycles. The highest BCUT2D eigenvalue weighted by molar-refractivity contribution is 7.20. The standard InChI is InChI=1S/C9H6Cl2N2O2S/c1-13-3-5(9(14)15)7(12-13)4-2-6(10)16-8(4)11/h2-3H,1H3,(H,14,15). The number of carboxylic acids is 1. The summed E-state index contributed by atoms with van der Waals surface area (Å²) in [5.74, 6) is -1.04. The average Bonchev–Trinajstić information content (AvgIpc) is 2.69. The highest BCUT2D eigenvalue weighted by atomic mass is 35.5. The second-order valence-corrected chi connectivity index (χ2v) is 5.39. The topological polar surface area (TPSA) is 55.1 Å². The van der Waals surface area contributed by atoms with E-state index in [0.717, 1.165) is 0 Å². The van der Waals surface area contributed by atoms with Crippen molar-refractivity contribution in [1.82, 2.24) is 9.78 Å². The second kappa shape index (κ2) is 4.08. The van der Waals surface area contributed by atoms with Gasteiger partial charge in [0.25, 0.3) is 0 Å². The fourth-order valence-corrected chi connectivity index (χ4v) is 2.81. The van der Waals surface area contributed by atoms with Gasteiger partial charge in [-0.25, -0.2) is 4.79 Å². The smallest absolute Gasteiger partial charge is 0.339 e. The molecule has 16 heavy (non-hydrogen) atoms. The van der Waals surface area contributed by atoms with Gasteiger partial charge in [-0.05, 0) is 6.07 Å².